The molecule has 3 aromatic carbocycles. The number of nitrogens with one attached hydrogen (secondary N) is 2. The van der Waals surface area contributed by atoms with E-state index in [2.05, 4.69) is 15.7 Å². The van der Waals surface area contributed by atoms with Crippen molar-refractivity contribution < 1.29 is 9.59 Å². The van der Waals surface area contributed by atoms with E-state index in [1.807, 2.05) is 67.6 Å². The Balaban J connectivity index is 1.44. The molecule has 0 radical (unpaired) electrons. The van der Waals surface area contributed by atoms with Crippen molar-refractivity contribution in [2.45, 2.75) is 25.8 Å². The Kier molecular flexibility index (Phi) is 5.15. The van der Waals surface area contributed by atoms with Crippen LogP contribution in [0.1, 0.15) is 25.1 Å². The predicted molar refractivity (Wildman–Crippen MR) is 127 cm³/mol. The average molecular weight is 445 g/mol. The number of halogens is 1. The van der Waals surface area contributed by atoms with Crippen LogP contribution in [0, 0.1) is 0 Å². The van der Waals surface area contributed by atoms with Crippen LogP contribution in [0.5, 0.6) is 0 Å². The van der Waals surface area contributed by atoms with Crippen molar-refractivity contribution in [3.8, 4) is 11.1 Å². The highest BCUT2D eigenvalue weighted by Gasteiger charge is 2.36. The van der Waals surface area contributed by atoms with E-state index in [1.165, 1.54) is 0 Å². The van der Waals surface area contributed by atoms with Crippen molar-refractivity contribution in [1.29, 1.82) is 0 Å². The molecule has 1 aliphatic heterocycles. The standard InChI is InChI=1S/C25H21ClN4O2/c1-2-19-23(16-9-5-10-17(26)13-16)24-28-25(32)21(30(24)29-19)14-22(31)27-20-12-6-8-15-7-3-4-11-18(15)20/h3-13,21H,2,14H2,1H3,(H,27,31)(H,28,32). The topological polar surface area (TPSA) is 76.0 Å². The van der Waals surface area contributed by atoms with Crippen LogP contribution >= 0.6 is 11.6 Å². The first-order valence-corrected chi connectivity index (χ1v) is 10.9. The summed E-state index contributed by atoms with van der Waals surface area (Å²) in [5, 5.41) is 13.2. The number of anilines is 2. The van der Waals surface area contributed by atoms with Crippen LogP contribution in [0.15, 0.2) is 66.7 Å². The molecule has 160 valence electrons. The molecule has 2 N–H and O–H groups in total. The van der Waals surface area contributed by atoms with Crippen LogP contribution in [-0.2, 0) is 16.0 Å². The summed E-state index contributed by atoms with van der Waals surface area (Å²) >= 11 is 6.19. The third-order valence-corrected chi connectivity index (χ3v) is 5.95. The minimum absolute atomic E-state index is 0.0120. The first-order valence-electron chi connectivity index (χ1n) is 10.5. The lowest BCUT2D eigenvalue weighted by Gasteiger charge is -2.12. The van der Waals surface area contributed by atoms with Crippen molar-refractivity contribution in [2.75, 3.05) is 10.6 Å². The molecule has 1 unspecified atom stereocenters. The first-order chi connectivity index (χ1) is 15.5. The van der Waals surface area contributed by atoms with Gasteiger partial charge in [-0.2, -0.15) is 5.10 Å². The molecule has 1 atom stereocenters. The van der Waals surface area contributed by atoms with Gasteiger partial charge in [0.2, 0.25) is 5.91 Å². The summed E-state index contributed by atoms with van der Waals surface area (Å²) in [5.41, 5.74) is 3.31. The third kappa shape index (κ3) is 3.52. The van der Waals surface area contributed by atoms with Crippen molar-refractivity contribution in [1.82, 2.24) is 9.78 Å². The largest absolute Gasteiger partial charge is 0.325 e. The van der Waals surface area contributed by atoms with Crippen molar-refractivity contribution in [2.24, 2.45) is 0 Å². The number of aryl methyl sites for hydroxylation is 1. The average Bonchev–Trinajstić information content (AvgIpc) is 3.29. The number of rotatable bonds is 5. The zero-order valence-electron chi connectivity index (χ0n) is 17.4. The Morgan fingerprint density at radius 2 is 1.91 bits per heavy atom. The number of fused-ring (bicyclic) bond motifs is 2. The van der Waals surface area contributed by atoms with E-state index in [4.69, 9.17) is 11.6 Å². The monoisotopic (exact) mass is 444 g/mol. The molecule has 0 fully saturated rings. The second-order valence-electron chi connectivity index (χ2n) is 7.76. The third-order valence-electron chi connectivity index (χ3n) is 5.71. The fourth-order valence-corrected chi connectivity index (χ4v) is 4.41. The van der Waals surface area contributed by atoms with Gasteiger partial charge in [0.05, 0.1) is 12.1 Å². The quantitative estimate of drug-likeness (QED) is 0.430. The molecule has 1 aliphatic rings. The molecule has 32 heavy (non-hydrogen) atoms. The Morgan fingerprint density at radius 3 is 2.72 bits per heavy atom. The molecule has 2 heterocycles. The molecule has 6 nitrogen and oxygen atoms in total. The molecule has 0 aliphatic carbocycles. The number of hydrogen-bond acceptors (Lipinski definition) is 3. The molecule has 7 heteroatoms. The molecule has 0 bridgehead atoms. The van der Waals surface area contributed by atoms with Gasteiger partial charge in [-0.3, -0.25) is 9.59 Å². The molecule has 2 amide bonds. The minimum Gasteiger partial charge on any atom is -0.325 e. The first kappa shape index (κ1) is 20.3. The van der Waals surface area contributed by atoms with Gasteiger partial charge in [0.15, 0.2) is 0 Å². The molecule has 0 spiro atoms. The maximum atomic E-state index is 12.9. The van der Waals surface area contributed by atoms with Crippen molar-refractivity contribution in [3.05, 3.63) is 77.4 Å². The van der Waals surface area contributed by atoms with Gasteiger partial charge in [-0.25, -0.2) is 4.68 Å². The number of hydrogen-bond donors (Lipinski definition) is 2. The lowest BCUT2D eigenvalue weighted by atomic mass is 10.0. The van der Waals surface area contributed by atoms with E-state index in [0.29, 0.717) is 17.3 Å². The SMILES string of the molecule is CCc1nn2c(c1-c1cccc(Cl)c1)NC(=O)C2CC(=O)Nc1cccc2ccccc12. The zero-order chi connectivity index (χ0) is 22.2. The Hall–Kier alpha value is -3.64. The number of amides is 2. The zero-order valence-corrected chi connectivity index (χ0v) is 18.2. The maximum Gasteiger partial charge on any atom is 0.251 e. The number of carbonyl (C=O) groups is 2. The second kappa shape index (κ2) is 8.13. The summed E-state index contributed by atoms with van der Waals surface area (Å²) in [6.07, 6.45) is 0.675. The number of nitrogens with zero attached hydrogens (tertiary/aromatic N) is 2. The van der Waals surface area contributed by atoms with Gasteiger partial charge in [-0.1, -0.05) is 67.1 Å². The summed E-state index contributed by atoms with van der Waals surface area (Å²) < 4.78 is 1.64. The number of benzene rings is 3. The highest BCUT2D eigenvalue weighted by molar-refractivity contribution is 6.30. The van der Waals surface area contributed by atoms with Gasteiger partial charge in [-0.15, -0.1) is 0 Å². The maximum absolute atomic E-state index is 12.9. The molecule has 0 saturated carbocycles. The van der Waals surface area contributed by atoms with E-state index < -0.39 is 6.04 Å². The van der Waals surface area contributed by atoms with Gasteiger partial charge in [0.25, 0.3) is 5.91 Å². The van der Waals surface area contributed by atoms with Gasteiger partial charge in [-0.05, 0) is 35.6 Å². The fourth-order valence-electron chi connectivity index (χ4n) is 4.22. The molecule has 1 aromatic heterocycles. The highest BCUT2D eigenvalue weighted by Crippen LogP contribution is 2.39. The summed E-state index contributed by atoms with van der Waals surface area (Å²) in [5.74, 6) is 0.121. The lowest BCUT2D eigenvalue weighted by Crippen LogP contribution is -2.24. The Bertz CT molecular complexity index is 1360. The highest BCUT2D eigenvalue weighted by atomic mass is 35.5. The van der Waals surface area contributed by atoms with Gasteiger partial charge >= 0.3 is 0 Å². The Labute approximate surface area is 190 Å². The lowest BCUT2D eigenvalue weighted by molar-refractivity contribution is -0.123. The normalized spacial score (nSPS) is 14.9. The van der Waals surface area contributed by atoms with E-state index in [9.17, 15) is 9.59 Å². The molecule has 0 saturated heterocycles. The van der Waals surface area contributed by atoms with E-state index >= 15 is 0 Å². The van der Waals surface area contributed by atoms with Crippen LogP contribution < -0.4 is 10.6 Å². The van der Waals surface area contributed by atoms with E-state index in [-0.39, 0.29) is 18.2 Å². The predicted octanol–water partition coefficient (Wildman–Crippen LogP) is 5.44. The van der Waals surface area contributed by atoms with Crippen LogP contribution in [0.2, 0.25) is 5.02 Å². The minimum atomic E-state index is -0.710. The molecule has 4 aromatic rings. The van der Waals surface area contributed by atoms with Crippen molar-refractivity contribution >= 4 is 45.7 Å². The molecular formula is C25H21ClN4O2. The second-order valence-corrected chi connectivity index (χ2v) is 8.20. The van der Waals surface area contributed by atoms with Gasteiger partial charge in [0, 0.05) is 21.7 Å². The van der Waals surface area contributed by atoms with Crippen LogP contribution in [0.25, 0.3) is 21.9 Å². The number of aromatic nitrogens is 2. The van der Waals surface area contributed by atoms with Crippen molar-refractivity contribution in [3.63, 3.8) is 0 Å². The summed E-state index contributed by atoms with van der Waals surface area (Å²) in [7, 11) is 0. The van der Waals surface area contributed by atoms with E-state index in [1.54, 1.807) is 10.7 Å². The van der Waals surface area contributed by atoms with Crippen LogP contribution in [0.3, 0.4) is 0 Å². The summed E-state index contributed by atoms with van der Waals surface area (Å²) in [6.45, 7) is 2.01. The number of carbonyl (C=O) groups excluding carboxylic acids is 2. The van der Waals surface area contributed by atoms with E-state index in [0.717, 1.165) is 33.3 Å². The van der Waals surface area contributed by atoms with Crippen LogP contribution in [0.4, 0.5) is 11.5 Å². The molecular weight excluding hydrogens is 424 g/mol. The fraction of sp³-hybridized carbons (Fsp3) is 0.160. The van der Waals surface area contributed by atoms with Gasteiger partial charge < -0.3 is 10.6 Å². The molecule has 5 rings (SSSR count). The Morgan fingerprint density at radius 1 is 1.12 bits per heavy atom. The van der Waals surface area contributed by atoms with Crippen LogP contribution in [-0.4, -0.2) is 21.6 Å². The summed E-state index contributed by atoms with van der Waals surface area (Å²) in [4.78, 5) is 25.7. The smallest absolute Gasteiger partial charge is 0.251 e. The van der Waals surface area contributed by atoms with Gasteiger partial charge in [0.1, 0.15) is 11.9 Å². The summed E-state index contributed by atoms with van der Waals surface area (Å²) in [6, 6.07) is 20.4.